The fourth-order valence-corrected chi connectivity index (χ4v) is 5.54. The molecule has 0 bridgehead atoms. The molecule has 0 saturated carbocycles. The van der Waals surface area contributed by atoms with Gasteiger partial charge in [0, 0.05) is 63.5 Å². The molecule has 0 atom stereocenters. The van der Waals surface area contributed by atoms with Crippen LogP contribution < -0.4 is 9.47 Å². The third-order valence-corrected chi connectivity index (χ3v) is 7.84. The van der Waals surface area contributed by atoms with E-state index in [1.807, 2.05) is 7.05 Å². The maximum atomic E-state index is 13.1. The number of carbonyl (C=O) groups is 1. The summed E-state index contributed by atoms with van der Waals surface area (Å²) in [5.74, 6) is 0.923. The van der Waals surface area contributed by atoms with E-state index in [4.69, 9.17) is 9.47 Å². The van der Waals surface area contributed by atoms with Crippen LogP contribution in [0.4, 0.5) is 0 Å². The average molecular weight is 453 g/mol. The normalized spacial score (nSPS) is 19.3. The fraction of sp³-hybridized carbons (Fsp3) is 0.571. The summed E-state index contributed by atoms with van der Waals surface area (Å²) in [6.07, 6.45) is 2.28. The second-order valence-corrected chi connectivity index (χ2v) is 9.69. The van der Waals surface area contributed by atoms with Gasteiger partial charge in [-0.05, 0) is 25.6 Å². The Morgan fingerprint density at radius 1 is 1.00 bits per heavy atom. The van der Waals surface area contributed by atoms with E-state index in [2.05, 4.69) is 11.5 Å². The van der Waals surface area contributed by atoms with Gasteiger partial charge >= 0.3 is 0 Å². The van der Waals surface area contributed by atoms with E-state index < -0.39 is 10.2 Å². The smallest absolute Gasteiger partial charge is 0.282 e. The van der Waals surface area contributed by atoms with Gasteiger partial charge in [0.15, 0.2) is 11.5 Å². The summed E-state index contributed by atoms with van der Waals surface area (Å²) in [6.45, 7) is 7.47. The molecule has 0 aliphatic carbocycles. The lowest BCUT2D eigenvalue weighted by Gasteiger charge is -2.39. The molecule has 31 heavy (non-hydrogen) atoms. The van der Waals surface area contributed by atoms with Crippen LogP contribution in [0.5, 0.6) is 11.5 Å². The fourth-order valence-electron chi connectivity index (χ4n) is 3.96. The number of hydrogen-bond acceptors (Lipinski definition) is 6. The molecule has 3 rings (SSSR count). The molecular weight excluding hydrogens is 420 g/mol. The van der Waals surface area contributed by atoms with Gasteiger partial charge in [-0.2, -0.15) is 17.0 Å². The molecule has 1 aromatic carbocycles. The Labute approximate surface area is 185 Å². The molecule has 0 aromatic heterocycles. The number of piperazine rings is 2. The number of amides is 1. The molecule has 1 amide bonds. The predicted molar refractivity (Wildman–Crippen MR) is 119 cm³/mol. The highest BCUT2D eigenvalue weighted by molar-refractivity contribution is 7.86. The zero-order chi connectivity index (χ0) is 22.6. The number of benzene rings is 1. The molecule has 2 fully saturated rings. The lowest BCUT2D eigenvalue weighted by molar-refractivity contribution is 0.0691. The van der Waals surface area contributed by atoms with Gasteiger partial charge < -0.3 is 19.3 Å². The Morgan fingerprint density at radius 3 is 2.10 bits per heavy atom. The van der Waals surface area contributed by atoms with Crippen molar-refractivity contribution in [2.45, 2.75) is 6.42 Å². The van der Waals surface area contributed by atoms with Gasteiger partial charge in [-0.1, -0.05) is 6.08 Å². The lowest BCUT2D eigenvalue weighted by atomic mass is 10.0. The van der Waals surface area contributed by atoms with Crippen LogP contribution in [-0.4, -0.2) is 106 Å². The monoisotopic (exact) mass is 452 g/mol. The van der Waals surface area contributed by atoms with E-state index in [9.17, 15) is 13.2 Å². The molecule has 10 heteroatoms. The molecule has 2 saturated heterocycles. The van der Waals surface area contributed by atoms with Crippen molar-refractivity contribution >= 4 is 16.1 Å². The Balaban J connectivity index is 1.70. The first-order valence-electron chi connectivity index (χ1n) is 10.4. The van der Waals surface area contributed by atoms with E-state index in [0.717, 1.165) is 18.7 Å². The van der Waals surface area contributed by atoms with Crippen LogP contribution in [-0.2, 0) is 16.6 Å². The Morgan fingerprint density at radius 2 is 1.58 bits per heavy atom. The van der Waals surface area contributed by atoms with Crippen LogP contribution in [0, 0.1) is 0 Å². The zero-order valence-corrected chi connectivity index (χ0v) is 19.4. The van der Waals surface area contributed by atoms with E-state index in [0.29, 0.717) is 49.7 Å². The van der Waals surface area contributed by atoms with Crippen molar-refractivity contribution < 1.29 is 22.7 Å². The van der Waals surface area contributed by atoms with Gasteiger partial charge in [-0.15, -0.1) is 6.58 Å². The Hall–Kier alpha value is -2.14. The highest BCUT2D eigenvalue weighted by Gasteiger charge is 2.35. The van der Waals surface area contributed by atoms with Crippen LogP contribution >= 0.6 is 0 Å². The van der Waals surface area contributed by atoms with Crippen molar-refractivity contribution in [1.82, 2.24) is 18.4 Å². The average Bonchev–Trinajstić information content (AvgIpc) is 2.78. The molecule has 0 spiro atoms. The first-order valence-corrected chi connectivity index (χ1v) is 11.8. The summed E-state index contributed by atoms with van der Waals surface area (Å²) in [5, 5.41) is 0. The van der Waals surface area contributed by atoms with Crippen LogP contribution in [0.1, 0.15) is 15.9 Å². The van der Waals surface area contributed by atoms with Crippen LogP contribution in [0.2, 0.25) is 0 Å². The number of allylic oxidation sites excluding steroid dienone is 1. The lowest BCUT2D eigenvalue weighted by Crippen LogP contribution is -2.57. The van der Waals surface area contributed by atoms with E-state index in [1.165, 1.54) is 11.4 Å². The summed E-state index contributed by atoms with van der Waals surface area (Å²) in [6, 6.07) is 3.46. The zero-order valence-electron chi connectivity index (χ0n) is 18.5. The number of methoxy groups -OCH3 is 2. The Kier molecular flexibility index (Phi) is 7.58. The molecular formula is C21H32N4O5S. The second kappa shape index (κ2) is 9.99. The Bertz CT molecular complexity index is 905. The highest BCUT2D eigenvalue weighted by atomic mass is 32.2. The summed E-state index contributed by atoms with van der Waals surface area (Å²) in [7, 11) is 1.58. The number of carbonyl (C=O) groups excluding carboxylic acids is 1. The van der Waals surface area contributed by atoms with E-state index in [1.54, 1.807) is 34.5 Å². The molecule has 2 aliphatic heterocycles. The molecule has 2 heterocycles. The van der Waals surface area contributed by atoms with Crippen molar-refractivity contribution in [1.29, 1.82) is 0 Å². The van der Waals surface area contributed by atoms with E-state index >= 15 is 0 Å². The first-order chi connectivity index (χ1) is 14.8. The van der Waals surface area contributed by atoms with Crippen molar-refractivity contribution in [2.24, 2.45) is 0 Å². The van der Waals surface area contributed by atoms with Gasteiger partial charge in [0.2, 0.25) is 0 Å². The summed E-state index contributed by atoms with van der Waals surface area (Å²) >= 11 is 0. The molecule has 172 valence electrons. The van der Waals surface area contributed by atoms with Crippen LogP contribution in [0.15, 0.2) is 24.8 Å². The largest absolute Gasteiger partial charge is 0.493 e. The predicted octanol–water partition coefficient (Wildman–Crippen LogP) is 0.682. The summed E-state index contributed by atoms with van der Waals surface area (Å²) < 4.78 is 39.8. The van der Waals surface area contributed by atoms with Gasteiger partial charge in [0.1, 0.15) is 0 Å². The molecule has 9 nitrogen and oxygen atoms in total. The number of ether oxygens (including phenoxy) is 2. The SMILES string of the molecule is C=CCc1cc(C(=O)N2CCN(S(=O)(=O)N3CCN(C)CC3)CC2)cc(OC)c1OC. The third kappa shape index (κ3) is 5.03. The van der Waals surface area contributed by atoms with Gasteiger partial charge in [0.05, 0.1) is 14.2 Å². The first kappa shape index (κ1) is 23.5. The molecule has 2 aliphatic rings. The molecule has 0 unspecified atom stereocenters. The van der Waals surface area contributed by atoms with Crippen molar-refractivity contribution in [3.05, 3.63) is 35.9 Å². The van der Waals surface area contributed by atoms with Gasteiger partial charge in [0.25, 0.3) is 16.1 Å². The number of rotatable bonds is 7. The maximum Gasteiger partial charge on any atom is 0.282 e. The van der Waals surface area contributed by atoms with Crippen LogP contribution in [0.3, 0.4) is 0 Å². The van der Waals surface area contributed by atoms with Crippen molar-refractivity contribution in [3.63, 3.8) is 0 Å². The van der Waals surface area contributed by atoms with Crippen molar-refractivity contribution in [3.8, 4) is 11.5 Å². The number of likely N-dealkylation sites (N-methyl/N-ethyl adjacent to an activating group) is 1. The number of nitrogens with zero attached hydrogens (tertiary/aromatic N) is 4. The summed E-state index contributed by atoms with van der Waals surface area (Å²) in [5.41, 5.74) is 1.31. The topological polar surface area (TPSA) is 82.6 Å². The van der Waals surface area contributed by atoms with Gasteiger partial charge in [-0.3, -0.25) is 4.79 Å². The molecule has 0 radical (unpaired) electrons. The number of hydrogen-bond donors (Lipinski definition) is 0. The standard InChI is InChI=1S/C21H32N4O5S/c1-5-6-17-15-18(16-19(29-3)20(17)30-4)21(26)23-9-13-25(14-10-23)31(27,28)24-11-7-22(2)8-12-24/h5,15-16H,1,6-14H2,2-4H3. The maximum absolute atomic E-state index is 13.1. The van der Waals surface area contributed by atoms with E-state index in [-0.39, 0.29) is 19.0 Å². The second-order valence-electron chi connectivity index (χ2n) is 7.77. The third-order valence-electron chi connectivity index (χ3n) is 5.81. The highest BCUT2D eigenvalue weighted by Crippen LogP contribution is 2.33. The molecule has 0 N–H and O–H groups in total. The minimum atomic E-state index is -3.50. The van der Waals surface area contributed by atoms with Crippen LogP contribution in [0.25, 0.3) is 0 Å². The molecule has 1 aromatic rings. The quantitative estimate of drug-likeness (QED) is 0.566. The minimum Gasteiger partial charge on any atom is -0.493 e. The van der Waals surface area contributed by atoms with Crippen molar-refractivity contribution in [2.75, 3.05) is 73.6 Å². The minimum absolute atomic E-state index is 0.150. The van der Waals surface area contributed by atoms with Gasteiger partial charge in [-0.25, -0.2) is 0 Å². The summed E-state index contributed by atoms with van der Waals surface area (Å²) in [4.78, 5) is 16.9.